The lowest BCUT2D eigenvalue weighted by Crippen LogP contribution is -2.28. The van der Waals surface area contributed by atoms with Crippen molar-refractivity contribution in [1.82, 2.24) is 14.1 Å². The van der Waals surface area contributed by atoms with Crippen LogP contribution < -0.4 is 10.9 Å². The van der Waals surface area contributed by atoms with E-state index in [1.54, 1.807) is 19.2 Å². The zero-order valence-corrected chi connectivity index (χ0v) is 16.3. The number of ether oxygens (including phenoxy) is 1. The number of hydrogen-bond acceptors (Lipinski definition) is 7. The molecule has 0 aliphatic carbocycles. The van der Waals surface area contributed by atoms with Gasteiger partial charge in [0.05, 0.1) is 12.7 Å². The van der Waals surface area contributed by atoms with Crippen LogP contribution in [0.5, 0.6) is 0 Å². The molecule has 0 aromatic carbocycles. The number of halogens is 3. The molecule has 0 atom stereocenters. The number of hydrogen-bond donors (Lipinski definition) is 3. The summed E-state index contributed by atoms with van der Waals surface area (Å²) in [6.45, 7) is 2.26. The van der Waals surface area contributed by atoms with Gasteiger partial charge in [-0.1, -0.05) is 0 Å². The summed E-state index contributed by atoms with van der Waals surface area (Å²) < 4.78 is 39.3. The van der Waals surface area contributed by atoms with E-state index in [9.17, 15) is 27.6 Å². The van der Waals surface area contributed by atoms with Gasteiger partial charge in [0, 0.05) is 37.4 Å². The summed E-state index contributed by atoms with van der Waals surface area (Å²) >= 11 is 0. The molecule has 0 aliphatic heterocycles. The zero-order chi connectivity index (χ0) is 23.8. The van der Waals surface area contributed by atoms with Crippen LogP contribution in [0, 0.1) is 6.92 Å². The third-order valence-electron chi connectivity index (χ3n) is 3.75. The van der Waals surface area contributed by atoms with Crippen molar-refractivity contribution in [3.8, 4) is 0 Å². The number of anilines is 1. The quantitative estimate of drug-likeness (QED) is 0.526. The van der Waals surface area contributed by atoms with Crippen molar-refractivity contribution in [3.05, 3.63) is 46.3 Å². The second-order valence-electron chi connectivity index (χ2n) is 5.83. The van der Waals surface area contributed by atoms with Crippen LogP contribution in [0.25, 0.3) is 0 Å². The molecule has 0 aliphatic rings. The minimum atomic E-state index is -5.08. The third kappa shape index (κ3) is 7.49. The van der Waals surface area contributed by atoms with Gasteiger partial charge in [-0.05, 0) is 13.0 Å². The standard InChI is InChI=1S/C15H18N4O5.C2HF3O2/c1-10-11(15(23)24-2)3-6-18(10)7-4-16-13-14(22)19(8-5-17-13)9-12(20)21;3-2(4,5)1(6)7/h3,5-6,8H,4,7,9H2,1-2H3,(H,16,17)(H,20,21);(H,6,7). The number of esters is 1. The van der Waals surface area contributed by atoms with E-state index in [0.29, 0.717) is 18.7 Å². The second-order valence-corrected chi connectivity index (χ2v) is 5.83. The van der Waals surface area contributed by atoms with Gasteiger partial charge in [-0.15, -0.1) is 0 Å². The Bertz CT molecular complexity index is 998. The van der Waals surface area contributed by atoms with E-state index in [0.717, 1.165) is 10.3 Å². The lowest BCUT2D eigenvalue weighted by molar-refractivity contribution is -0.192. The van der Waals surface area contributed by atoms with Crippen molar-refractivity contribution in [2.75, 3.05) is 19.0 Å². The van der Waals surface area contributed by atoms with Gasteiger partial charge < -0.3 is 24.8 Å². The van der Waals surface area contributed by atoms with Crippen LogP contribution in [0.15, 0.2) is 29.5 Å². The van der Waals surface area contributed by atoms with Crippen LogP contribution >= 0.6 is 0 Å². The summed E-state index contributed by atoms with van der Waals surface area (Å²) in [5, 5.41) is 18.8. The molecule has 2 aromatic rings. The molecule has 14 heteroatoms. The maximum Gasteiger partial charge on any atom is 0.490 e. The number of carbonyl (C=O) groups is 3. The van der Waals surface area contributed by atoms with Crippen LogP contribution in [0.4, 0.5) is 19.0 Å². The van der Waals surface area contributed by atoms with Crippen LogP contribution in [0.2, 0.25) is 0 Å². The Hall–Kier alpha value is -3.84. The number of nitrogens with zero attached hydrogens (tertiary/aromatic N) is 3. The summed E-state index contributed by atoms with van der Waals surface area (Å²) in [6, 6.07) is 1.67. The van der Waals surface area contributed by atoms with Gasteiger partial charge in [-0.25, -0.2) is 14.6 Å². The predicted molar refractivity (Wildman–Crippen MR) is 98.8 cm³/mol. The van der Waals surface area contributed by atoms with Crippen molar-refractivity contribution in [2.24, 2.45) is 0 Å². The number of methoxy groups -OCH3 is 1. The molecule has 0 saturated heterocycles. The van der Waals surface area contributed by atoms with Gasteiger partial charge in [-0.2, -0.15) is 13.2 Å². The molecule has 11 nitrogen and oxygen atoms in total. The molecule has 0 spiro atoms. The lowest BCUT2D eigenvalue weighted by Gasteiger charge is -2.10. The van der Waals surface area contributed by atoms with Gasteiger partial charge in [0.15, 0.2) is 5.82 Å². The molecule has 3 N–H and O–H groups in total. The van der Waals surface area contributed by atoms with Crippen LogP contribution in [-0.2, 0) is 27.4 Å². The number of carboxylic acids is 2. The molecule has 2 aromatic heterocycles. The van der Waals surface area contributed by atoms with E-state index in [-0.39, 0.29) is 5.82 Å². The van der Waals surface area contributed by atoms with Gasteiger partial charge in [-0.3, -0.25) is 14.2 Å². The van der Waals surface area contributed by atoms with Crippen LogP contribution in [-0.4, -0.2) is 62.1 Å². The highest BCUT2D eigenvalue weighted by Crippen LogP contribution is 2.13. The first-order valence-corrected chi connectivity index (χ1v) is 8.43. The van der Waals surface area contributed by atoms with E-state index < -0.39 is 36.2 Å². The average Bonchev–Trinajstić information content (AvgIpc) is 3.04. The van der Waals surface area contributed by atoms with Gasteiger partial charge in [0.1, 0.15) is 6.54 Å². The second kappa shape index (κ2) is 10.8. The zero-order valence-electron chi connectivity index (χ0n) is 16.3. The first kappa shape index (κ1) is 25.2. The number of rotatable bonds is 7. The van der Waals surface area contributed by atoms with E-state index in [1.807, 2.05) is 4.57 Å². The van der Waals surface area contributed by atoms with Crippen molar-refractivity contribution in [1.29, 1.82) is 0 Å². The Balaban J connectivity index is 0.000000592. The molecule has 2 heterocycles. The topological polar surface area (TPSA) is 153 Å². The maximum atomic E-state index is 12.1. The van der Waals surface area contributed by atoms with E-state index in [2.05, 4.69) is 10.3 Å². The van der Waals surface area contributed by atoms with Gasteiger partial charge in [0.25, 0.3) is 5.56 Å². The summed E-state index contributed by atoms with van der Waals surface area (Å²) in [6.07, 6.45) is -0.645. The van der Waals surface area contributed by atoms with E-state index in [4.69, 9.17) is 19.7 Å². The van der Waals surface area contributed by atoms with E-state index >= 15 is 0 Å². The molecular formula is C17H19F3N4O7. The molecular weight excluding hydrogens is 429 g/mol. The summed E-state index contributed by atoms with van der Waals surface area (Å²) in [7, 11) is 1.32. The highest BCUT2D eigenvalue weighted by molar-refractivity contribution is 5.90. The number of nitrogens with one attached hydrogen (secondary N) is 1. The summed E-state index contributed by atoms with van der Waals surface area (Å²) in [4.78, 5) is 47.1. The molecule has 0 fully saturated rings. The highest BCUT2D eigenvalue weighted by atomic mass is 19.4. The van der Waals surface area contributed by atoms with Crippen molar-refractivity contribution in [2.45, 2.75) is 26.2 Å². The van der Waals surface area contributed by atoms with Gasteiger partial charge in [0.2, 0.25) is 0 Å². The van der Waals surface area contributed by atoms with Crippen LogP contribution in [0.1, 0.15) is 16.1 Å². The van der Waals surface area contributed by atoms with Crippen molar-refractivity contribution >= 4 is 23.7 Å². The largest absolute Gasteiger partial charge is 0.490 e. The number of carbonyl (C=O) groups excluding carboxylic acids is 1. The number of carboxylic acid groups (broad SMARTS) is 2. The van der Waals surface area contributed by atoms with Crippen molar-refractivity contribution < 1.29 is 42.5 Å². The minimum Gasteiger partial charge on any atom is -0.480 e. The molecule has 31 heavy (non-hydrogen) atoms. The van der Waals surface area contributed by atoms with E-state index in [1.165, 1.54) is 19.5 Å². The molecule has 0 bridgehead atoms. The Morgan fingerprint density at radius 1 is 1.19 bits per heavy atom. The van der Waals surface area contributed by atoms with Gasteiger partial charge >= 0.3 is 24.1 Å². The Morgan fingerprint density at radius 3 is 2.32 bits per heavy atom. The summed E-state index contributed by atoms with van der Waals surface area (Å²) in [5.74, 6) is -4.18. The highest BCUT2D eigenvalue weighted by Gasteiger charge is 2.38. The molecule has 170 valence electrons. The Kier molecular flexibility index (Phi) is 8.78. The van der Waals surface area contributed by atoms with Crippen LogP contribution in [0.3, 0.4) is 0 Å². The fourth-order valence-electron chi connectivity index (χ4n) is 2.25. The first-order chi connectivity index (χ1) is 14.4. The normalized spacial score (nSPS) is 10.6. The molecule has 0 unspecified atom stereocenters. The average molecular weight is 448 g/mol. The number of alkyl halides is 3. The molecule has 0 radical (unpaired) electrons. The lowest BCUT2D eigenvalue weighted by atomic mass is 10.2. The minimum absolute atomic E-state index is 0.0803. The number of aromatic nitrogens is 3. The molecule has 0 saturated carbocycles. The Labute approximate surface area is 172 Å². The third-order valence-corrected chi connectivity index (χ3v) is 3.75. The van der Waals surface area contributed by atoms with Crippen molar-refractivity contribution in [3.63, 3.8) is 0 Å². The molecule has 0 amide bonds. The fourth-order valence-corrected chi connectivity index (χ4v) is 2.25. The number of aliphatic carboxylic acids is 2. The predicted octanol–water partition coefficient (Wildman–Crippen LogP) is 0.970. The Morgan fingerprint density at radius 2 is 1.81 bits per heavy atom. The monoisotopic (exact) mass is 448 g/mol. The summed E-state index contributed by atoms with van der Waals surface area (Å²) in [5.41, 5.74) is 0.742. The maximum absolute atomic E-state index is 12.1. The molecule has 2 rings (SSSR count). The fraction of sp³-hybridized carbons (Fsp3) is 0.353. The SMILES string of the molecule is COC(=O)c1ccn(CCNc2nccn(CC(=O)O)c2=O)c1C.O=C(O)C(F)(F)F. The first-order valence-electron chi connectivity index (χ1n) is 8.43. The smallest absolute Gasteiger partial charge is 0.480 e.